The maximum absolute atomic E-state index is 15.1. The number of hydrogen-bond donors (Lipinski definition) is 0. The number of hydrogen-bond acceptors (Lipinski definition) is 2. The van der Waals surface area contributed by atoms with Crippen molar-refractivity contribution in [3.63, 3.8) is 0 Å². The zero-order valence-electron chi connectivity index (χ0n) is 23.5. The third-order valence-electron chi connectivity index (χ3n) is 8.03. The topological polar surface area (TPSA) is 21.1 Å². The van der Waals surface area contributed by atoms with Gasteiger partial charge in [0.2, 0.25) is 0 Å². The van der Waals surface area contributed by atoms with Gasteiger partial charge in [-0.25, -0.2) is 22.5 Å². The van der Waals surface area contributed by atoms with E-state index in [4.69, 9.17) is 4.98 Å². The van der Waals surface area contributed by atoms with E-state index in [2.05, 4.69) is 28.5 Å². The summed E-state index contributed by atoms with van der Waals surface area (Å²) >= 11 is 0. The predicted octanol–water partition coefficient (Wildman–Crippen LogP) is 9.43. The normalized spacial score (nSPS) is 14.3. The van der Waals surface area contributed by atoms with Crippen molar-refractivity contribution in [1.29, 1.82) is 0 Å². The zero-order valence-corrected chi connectivity index (χ0v) is 23.5. The van der Waals surface area contributed by atoms with E-state index in [1.54, 1.807) is 0 Å². The molecule has 1 aliphatic carbocycles. The average molecular weight is 564 g/mol. The van der Waals surface area contributed by atoms with Crippen molar-refractivity contribution < 1.29 is 17.6 Å². The molecule has 5 rings (SSSR count). The lowest BCUT2D eigenvalue weighted by molar-refractivity contribution is 0.144. The Hall–Kier alpha value is -3.45. The van der Waals surface area contributed by atoms with Gasteiger partial charge in [0.25, 0.3) is 6.43 Å². The molecule has 3 aromatic carbocycles. The summed E-state index contributed by atoms with van der Waals surface area (Å²) < 4.78 is 58.4. The standard InChI is InChI=1S/C34H37F4N3/c1-2-20-41-29(32(25-14-8-4-9-15-25)39-34(41)26-16-10-5-11-17-26)23-40(21-24-12-6-3-7-13-24)22-27-18-19-28(33(37)38)31(36)30(27)35/h4-5,8-11,14-19,24,33H,2-3,6-7,12-13,20-23H2,1H3. The first-order valence-electron chi connectivity index (χ1n) is 14.6. The Morgan fingerprint density at radius 3 is 2.12 bits per heavy atom. The summed E-state index contributed by atoms with van der Waals surface area (Å²) in [5.41, 5.74) is 3.08. The molecule has 1 fully saturated rings. The van der Waals surface area contributed by atoms with Crippen LogP contribution < -0.4 is 0 Å². The van der Waals surface area contributed by atoms with E-state index in [0.717, 1.165) is 73.1 Å². The fourth-order valence-electron chi connectivity index (χ4n) is 6.01. The van der Waals surface area contributed by atoms with Crippen LogP contribution in [0.1, 0.15) is 68.7 Å². The quantitative estimate of drug-likeness (QED) is 0.170. The van der Waals surface area contributed by atoms with Crippen LogP contribution in [0.4, 0.5) is 17.6 Å². The van der Waals surface area contributed by atoms with Crippen LogP contribution in [-0.4, -0.2) is 21.0 Å². The predicted molar refractivity (Wildman–Crippen MR) is 155 cm³/mol. The second-order valence-corrected chi connectivity index (χ2v) is 11.0. The Morgan fingerprint density at radius 2 is 1.49 bits per heavy atom. The molecule has 0 N–H and O–H groups in total. The van der Waals surface area contributed by atoms with Crippen LogP contribution in [0.5, 0.6) is 0 Å². The highest BCUT2D eigenvalue weighted by Crippen LogP contribution is 2.33. The van der Waals surface area contributed by atoms with Gasteiger partial charge in [-0.15, -0.1) is 0 Å². The van der Waals surface area contributed by atoms with Crippen LogP contribution in [0.2, 0.25) is 0 Å². The van der Waals surface area contributed by atoms with Gasteiger partial charge in [0.15, 0.2) is 11.6 Å². The van der Waals surface area contributed by atoms with Crippen molar-refractivity contribution in [2.24, 2.45) is 5.92 Å². The Morgan fingerprint density at radius 1 is 0.829 bits per heavy atom. The van der Waals surface area contributed by atoms with Gasteiger partial charge in [-0.05, 0) is 31.2 Å². The van der Waals surface area contributed by atoms with Crippen LogP contribution in [0.25, 0.3) is 22.6 Å². The monoisotopic (exact) mass is 563 g/mol. The molecule has 0 saturated heterocycles. The number of halogens is 4. The maximum Gasteiger partial charge on any atom is 0.266 e. The molecule has 0 spiro atoms. The molecule has 0 atom stereocenters. The first kappa shape index (κ1) is 29.1. The van der Waals surface area contributed by atoms with Crippen LogP contribution in [0.3, 0.4) is 0 Å². The number of nitrogens with zero attached hydrogens (tertiary/aromatic N) is 3. The molecular weight excluding hydrogens is 526 g/mol. The minimum Gasteiger partial charge on any atom is -0.326 e. The fourth-order valence-corrected chi connectivity index (χ4v) is 6.01. The molecule has 3 nitrogen and oxygen atoms in total. The largest absolute Gasteiger partial charge is 0.326 e. The Kier molecular flexibility index (Phi) is 9.55. The van der Waals surface area contributed by atoms with E-state index < -0.39 is 23.6 Å². The maximum atomic E-state index is 15.1. The van der Waals surface area contributed by atoms with Crippen molar-refractivity contribution in [3.05, 3.63) is 101 Å². The summed E-state index contributed by atoms with van der Waals surface area (Å²) in [6.45, 7) is 4.18. The molecule has 0 amide bonds. The molecule has 7 heteroatoms. The van der Waals surface area contributed by atoms with E-state index in [9.17, 15) is 13.2 Å². The molecule has 1 saturated carbocycles. The lowest BCUT2D eigenvalue weighted by Crippen LogP contribution is -2.31. The van der Waals surface area contributed by atoms with E-state index in [1.165, 1.54) is 12.5 Å². The highest BCUT2D eigenvalue weighted by molar-refractivity contribution is 5.68. The SMILES string of the molecule is CCCn1c(-c2ccccc2)nc(-c2ccccc2)c1CN(Cc1ccc(C(F)F)c(F)c1F)CC1CCCCC1. The summed E-state index contributed by atoms with van der Waals surface area (Å²) in [5.74, 6) is -1.33. The first-order valence-corrected chi connectivity index (χ1v) is 14.6. The van der Waals surface area contributed by atoms with Crippen LogP contribution in [0.15, 0.2) is 72.8 Å². The Bertz CT molecular complexity index is 1410. The number of imidazole rings is 1. The van der Waals surface area contributed by atoms with E-state index in [-0.39, 0.29) is 12.1 Å². The van der Waals surface area contributed by atoms with Crippen LogP contribution >= 0.6 is 0 Å². The molecule has 1 aromatic heterocycles. The summed E-state index contributed by atoms with van der Waals surface area (Å²) in [4.78, 5) is 7.31. The number of benzene rings is 3. The average Bonchev–Trinajstić information content (AvgIpc) is 3.34. The van der Waals surface area contributed by atoms with Gasteiger partial charge in [0.05, 0.1) is 17.0 Å². The summed E-state index contributed by atoms with van der Waals surface area (Å²) in [6, 6.07) is 22.4. The van der Waals surface area contributed by atoms with E-state index in [1.807, 2.05) is 48.5 Å². The molecule has 4 aromatic rings. The smallest absolute Gasteiger partial charge is 0.266 e. The van der Waals surface area contributed by atoms with Crippen molar-refractivity contribution in [1.82, 2.24) is 14.5 Å². The lowest BCUT2D eigenvalue weighted by Gasteiger charge is -2.30. The van der Waals surface area contributed by atoms with Gasteiger partial charge in [0, 0.05) is 42.9 Å². The van der Waals surface area contributed by atoms with E-state index in [0.29, 0.717) is 19.0 Å². The van der Waals surface area contributed by atoms with Gasteiger partial charge >= 0.3 is 0 Å². The van der Waals surface area contributed by atoms with Gasteiger partial charge in [-0.2, -0.15) is 0 Å². The second-order valence-electron chi connectivity index (χ2n) is 11.0. The Balaban J connectivity index is 1.58. The Labute approximate surface area is 239 Å². The second kappa shape index (κ2) is 13.5. The highest BCUT2D eigenvalue weighted by atomic mass is 19.3. The third kappa shape index (κ3) is 6.72. The van der Waals surface area contributed by atoms with Crippen molar-refractivity contribution in [3.8, 4) is 22.6 Å². The fraction of sp³-hybridized carbons (Fsp3) is 0.382. The minimum atomic E-state index is -3.06. The number of rotatable bonds is 11. The van der Waals surface area contributed by atoms with Crippen molar-refractivity contribution in [2.45, 2.75) is 71.5 Å². The van der Waals surface area contributed by atoms with Crippen molar-refractivity contribution in [2.75, 3.05) is 6.54 Å². The third-order valence-corrected chi connectivity index (χ3v) is 8.03. The molecule has 0 radical (unpaired) electrons. The molecule has 0 unspecified atom stereocenters. The van der Waals surface area contributed by atoms with Gasteiger partial charge in [-0.1, -0.05) is 92.9 Å². The summed E-state index contributed by atoms with van der Waals surface area (Å²) in [6.07, 6.45) is 3.55. The molecule has 1 aliphatic rings. The molecule has 0 aliphatic heterocycles. The summed E-state index contributed by atoms with van der Waals surface area (Å²) in [5, 5.41) is 0. The highest BCUT2D eigenvalue weighted by Gasteiger charge is 2.26. The molecule has 0 bridgehead atoms. The first-order chi connectivity index (χ1) is 20.0. The van der Waals surface area contributed by atoms with E-state index >= 15 is 4.39 Å². The van der Waals surface area contributed by atoms with Gasteiger partial charge in [-0.3, -0.25) is 4.90 Å². The number of alkyl halides is 2. The van der Waals surface area contributed by atoms with Crippen LogP contribution in [0, 0.1) is 17.6 Å². The van der Waals surface area contributed by atoms with Gasteiger partial charge in [0.1, 0.15) is 5.82 Å². The number of aromatic nitrogens is 2. The minimum absolute atomic E-state index is 0.0915. The lowest BCUT2D eigenvalue weighted by atomic mass is 9.88. The molecule has 216 valence electrons. The molecule has 41 heavy (non-hydrogen) atoms. The molecule has 1 heterocycles. The van der Waals surface area contributed by atoms with Gasteiger partial charge < -0.3 is 4.57 Å². The zero-order chi connectivity index (χ0) is 28.8. The molecular formula is C34H37F4N3. The van der Waals surface area contributed by atoms with Crippen molar-refractivity contribution >= 4 is 0 Å². The summed E-state index contributed by atoms with van der Waals surface area (Å²) in [7, 11) is 0. The van der Waals surface area contributed by atoms with Crippen LogP contribution in [-0.2, 0) is 19.6 Å².